The number of nitrogens with one attached hydrogen (secondary N) is 1. The van der Waals surface area contributed by atoms with Crippen molar-refractivity contribution in [3.8, 4) is 0 Å². The lowest BCUT2D eigenvalue weighted by atomic mass is 10.1. The quantitative estimate of drug-likeness (QED) is 0.464. The van der Waals surface area contributed by atoms with E-state index in [1.54, 1.807) is 19.0 Å². The van der Waals surface area contributed by atoms with Crippen LogP contribution >= 0.6 is 0 Å². The number of benzene rings is 2. The van der Waals surface area contributed by atoms with E-state index in [1.807, 2.05) is 32.0 Å². The number of rotatable bonds is 6. The first-order valence-corrected chi connectivity index (χ1v) is 8.65. The van der Waals surface area contributed by atoms with Crippen molar-refractivity contribution in [2.24, 2.45) is 0 Å². The summed E-state index contributed by atoms with van der Waals surface area (Å²) >= 11 is 0. The molecule has 0 saturated heterocycles. The van der Waals surface area contributed by atoms with Crippen LogP contribution in [0.25, 0.3) is 0 Å². The number of esters is 1. The Morgan fingerprint density at radius 3 is 2.29 bits per heavy atom. The Balaban J connectivity index is 2.21. The fourth-order valence-corrected chi connectivity index (χ4v) is 2.71. The molecule has 1 atom stereocenters. The van der Waals surface area contributed by atoms with Gasteiger partial charge in [0.05, 0.1) is 16.2 Å². The number of para-hydroxylation sites is 1. The second-order valence-electron chi connectivity index (χ2n) is 6.66. The number of nitro benzene ring substituents is 1. The fourth-order valence-electron chi connectivity index (χ4n) is 2.71. The summed E-state index contributed by atoms with van der Waals surface area (Å²) in [6.07, 6.45) is -1.08. The van der Waals surface area contributed by atoms with Crippen molar-refractivity contribution in [2.45, 2.75) is 26.9 Å². The van der Waals surface area contributed by atoms with Crippen LogP contribution in [0.15, 0.2) is 36.4 Å². The second-order valence-corrected chi connectivity index (χ2v) is 6.66. The molecule has 2 aromatic carbocycles. The third-order valence-electron chi connectivity index (χ3n) is 4.28. The third kappa shape index (κ3) is 4.64. The van der Waals surface area contributed by atoms with E-state index in [-0.39, 0.29) is 11.3 Å². The SMILES string of the molecule is Cc1cccc(C)c1NC(=O)[C@H](C)OC(=O)c1cc([N+](=O)[O-])ccc1N(C)C. The van der Waals surface area contributed by atoms with Gasteiger partial charge >= 0.3 is 5.97 Å². The van der Waals surface area contributed by atoms with E-state index in [1.165, 1.54) is 19.1 Å². The van der Waals surface area contributed by atoms with Gasteiger partial charge in [-0.3, -0.25) is 14.9 Å². The highest BCUT2D eigenvalue weighted by Gasteiger charge is 2.24. The van der Waals surface area contributed by atoms with E-state index in [0.717, 1.165) is 17.2 Å². The second kappa shape index (κ2) is 8.51. The van der Waals surface area contributed by atoms with Gasteiger partial charge in [-0.15, -0.1) is 0 Å². The minimum atomic E-state index is -1.08. The van der Waals surface area contributed by atoms with Crippen LogP contribution in [0.4, 0.5) is 17.1 Å². The highest BCUT2D eigenvalue weighted by molar-refractivity contribution is 6.00. The smallest absolute Gasteiger partial charge is 0.341 e. The van der Waals surface area contributed by atoms with Crippen molar-refractivity contribution in [2.75, 3.05) is 24.3 Å². The van der Waals surface area contributed by atoms with E-state index in [2.05, 4.69) is 5.32 Å². The lowest BCUT2D eigenvalue weighted by molar-refractivity contribution is -0.384. The lowest BCUT2D eigenvalue weighted by Gasteiger charge is -2.19. The maximum Gasteiger partial charge on any atom is 0.341 e. The number of amides is 1. The summed E-state index contributed by atoms with van der Waals surface area (Å²) in [7, 11) is 3.41. The number of ether oxygens (including phenoxy) is 1. The van der Waals surface area contributed by atoms with Crippen LogP contribution in [0.3, 0.4) is 0 Å². The molecule has 0 aliphatic carbocycles. The molecule has 0 aromatic heterocycles. The Morgan fingerprint density at radius 1 is 1.14 bits per heavy atom. The highest BCUT2D eigenvalue weighted by atomic mass is 16.6. The maximum atomic E-state index is 12.6. The molecule has 0 unspecified atom stereocenters. The van der Waals surface area contributed by atoms with Crippen molar-refractivity contribution >= 4 is 28.9 Å². The molecule has 2 aromatic rings. The average molecular weight is 385 g/mol. The molecule has 0 spiro atoms. The number of nitrogens with zero attached hydrogens (tertiary/aromatic N) is 2. The Labute approximate surface area is 163 Å². The van der Waals surface area contributed by atoms with Crippen LogP contribution in [0.2, 0.25) is 0 Å². The normalized spacial score (nSPS) is 11.5. The number of non-ortho nitro benzene ring substituents is 1. The molecule has 0 aliphatic heterocycles. The van der Waals surface area contributed by atoms with Gasteiger partial charge in [-0.25, -0.2) is 4.79 Å². The standard InChI is InChI=1S/C20H23N3O5/c1-12-7-6-8-13(2)18(12)21-19(24)14(3)28-20(25)16-11-15(23(26)27)9-10-17(16)22(4)5/h6-11,14H,1-5H3,(H,21,24)/t14-/m0/s1. The van der Waals surface area contributed by atoms with Crippen LogP contribution in [0.1, 0.15) is 28.4 Å². The number of nitro groups is 1. The molecule has 148 valence electrons. The average Bonchev–Trinajstić information content (AvgIpc) is 2.63. The van der Waals surface area contributed by atoms with Crippen LogP contribution < -0.4 is 10.2 Å². The summed E-state index contributed by atoms with van der Waals surface area (Å²) in [5, 5.41) is 13.8. The van der Waals surface area contributed by atoms with Gasteiger partial charge in [0.2, 0.25) is 0 Å². The Hall–Kier alpha value is -3.42. The fraction of sp³-hybridized carbons (Fsp3) is 0.300. The minimum Gasteiger partial charge on any atom is -0.449 e. The van der Waals surface area contributed by atoms with Crippen LogP contribution in [-0.4, -0.2) is 37.0 Å². The zero-order valence-electron chi connectivity index (χ0n) is 16.5. The Bertz CT molecular complexity index is 904. The summed E-state index contributed by atoms with van der Waals surface area (Å²) in [5.74, 6) is -1.29. The van der Waals surface area contributed by atoms with Gasteiger partial charge in [0.1, 0.15) is 0 Å². The Morgan fingerprint density at radius 2 is 1.75 bits per heavy atom. The summed E-state index contributed by atoms with van der Waals surface area (Å²) in [6, 6.07) is 9.54. The monoisotopic (exact) mass is 385 g/mol. The van der Waals surface area contributed by atoms with E-state index in [0.29, 0.717) is 11.4 Å². The first-order valence-electron chi connectivity index (χ1n) is 8.65. The van der Waals surface area contributed by atoms with Gasteiger partial charge in [0, 0.05) is 31.9 Å². The zero-order chi connectivity index (χ0) is 21.0. The molecule has 0 aliphatic rings. The largest absolute Gasteiger partial charge is 0.449 e. The molecule has 2 rings (SSSR count). The van der Waals surface area contributed by atoms with Crippen molar-refractivity contribution < 1.29 is 19.2 Å². The third-order valence-corrected chi connectivity index (χ3v) is 4.28. The van der Waals surface area contributed by atoms with Crippen molar-refractivity contribution in [3.63, 3.8) is 0 Å². The van der Waals surface area contributed by atoms with Gasteiger partial charge in [-0.1, -0.05) is 18.2 Å². The molecular formula is C20H23N3O5. The molecule has 0 radical (unpaired) electrons. The summed E-state index contributed by atoms with van der Waals surface area (Å²) in [5.41, 5.74) is 2.69. The molecular weight excluding hydrogens is 362 g/mol. The molecule has 28 heavy (non-hydrogen) atoms. The number of carbonyl (C=O) groups is 2. The van der Waals surface area contributed by atoms with E-state index >= 15 is 0 Å². The van der Waals surface area contributed by atoms with E-state index < -0.39 is 22.9 Å². The van der Waals surface area contributed by atoms with Crippen molar-refractivity contribution in [1.29, 1.82) is 0 Å². The zero-order valence-corrected chi connectivity index (χ0v) is 16.5. The van der Waals surface area contributed by atoms with Gasteiger partial charge < -0.3 is 15.0 Å². The van der Waals surface area contributed by atoms with Crippen LogP contribution in [-0.2, 0) is 9.53 Å². The minimum absolute atomic E-state index is 0.0194. The van der Waals surface area contributed by atoms with Gasteiger partial charge in [-0.05, 0) is 38.0 Å². The van der Waals surface area contributed by atoms with Gasteiger partial charge in [0.25, 0.3) is 11.6 Å². The number of hydrogen-bond acceptors (Lipinski definition) is 6. The lowest BCUT2D eigenvalue weighted by Crippen LogP contribution is -2.31. The van der Waals surface area contributed by atoms with E-state index in [4.69, 9.17) is 4.74 Å². The summed E-state index contributed by atoms with van der Waals surface area (Å²) < 4.78 is 5.28. The van der Waals surface area contributed by atoms with Crippen molar-refractivity contribution in [3.05, 3.63) is 63.2 Å². The predicted molar refractivity (Wildman–Crippen MR) is 107 cm³/mol. The number of anilines is 2. The molecule has 1 amide bonds. The summed E-state index contributed by atoms with van der Waals surface area (Å²) in [6.45, 7) is 5.19. The first-order chi connectivity index (χ1) is 13.1. The first kappa shape index (κ1) is 20.9. The predicted octanol–water partition coefficient (Wildman–Crippen LogP) is 3.46. The molecule has 8 nitrogen and oxygen atoms in total. The van der Waals surface area contributed by atoms with Crippen molar-refractivity contribution in [1.82, 2.24) is 0 Å². The van der Waals surface area contributed by atoms with Crippen LogP contribution in [0.5, 0.6) is 0 Å². The van der Waals surface area contributed by atoms with Gasteiger partial charge in [0.15, 0.2) is 6.10 Å². The molecule has 0 heterocycles. The topological polar surface area (TPSA) is 102 Å². The molecule has 0 fully saturated rings. The number of aryl methyl sites for hydroxylation is 2. The maximum absolute atomic E-state index is 12.6. The van der Waals surface area contributed by atoms with Crippen LogP contribution in [0, 0.1) is 24.0 Å². The summed E-state index contributed by atoms with van der Waals surface area (Å²) in [4.78, 5) is 37.1. The molecule has 1 N–H and O–H groups in total. The molecule has 8 heteroatoms. The van der Waals surface area contributed by atoms with E-state index in [9.17, 15) is 19.7 Å². The highest BCUT2D eigenvalue weighted by Crippen LogP contribution is 2.26. The number of hydrogen-bond donors (Lipinski definition) is 1. The number of carbonyl (C=O) groups excluding carboxylic acids is 2. The molecule has 0 saturated carbocycles. The Kier molecular flexibility index (Phi) is 6.35. The molecule has 0 bridgehead atoms. The van der Waals surface area contributed by atoms with Gasteiger partial charge in [-0.2, -0.15) is 0 Å².